The van der Waals surface area contributed by atoms with E-state index in [9.17, 15) is 14.3 Å². The largest absolute Gasteiger partial charge is 0.389 e. The molecule has 0 aliphatic heterocycles. The molecule has 0 unspecified atom stereocenters. The van der Waals surface area contributed by atoms with Gasteiger partial charge in [-0.05, 0) is 37.5 Å². The molecular formula is C15H20FNO2. The van der Waals surface area contributed by atoms with E-state index < -0.39 is 11.4 Å². The smallest absolute Gasteiger partial charge is 0.227 e. The Hall–Kier alpha value is -1.42. The first-order valence-electron chi connectivity index (χ1n) is 6.77. The van der Waals surface area contributed by atoms with Crippen LogP contribution in [0.3, 0.4) is 0 Å². The zero-order valence-electron chi connectivity index (χ0n) is 11.2. The molecule has 0 spiro atoms. The third-order valence-corrected chi connectivity index (χ3v) is 3.67. The first-order valence-corrected chi connectivity index (χ1v) is 6.77. The quantitative estimate of drug-likeness (QED) is 0.882. The Balaban J connectivity index is 1.99. The lowest BCUT2D eigenvalue weighted by molar-refractivity contribution is -0.122. The number of halogens is 1. The zero-order chi connectivity index (χ0) is 13.9. The number of nitrogens with one attached hydrogen (secondary N) is 1. The second-order valence-electron chi connectivity index (χ2n) is 5.49. The SMILES string of the molecule is Cc1ccc(F)c(NC(=O)CC2(O)CCCCC2)c1. The van der Waals surface area contributed by atoms with Gasteiger partial charge in [0, 0.05) is 0 Å². The molecular weight excluding hydrogens is 245 g/mol. The van der Waals surface area contributed by atoms with Crippen LogP contribution in [0.25, 0.3) is 0 Å². The maximum absolute atomic E-state index is 13.5. The predicted octanol–water partition coefficient (Wildman–Crippen LogP) is 3.16. The van der Waals surface area contributed by atoms with E-state index in [2.05, 4.69) is 5.32 Å². The summed E-state index contributed by atoms with van der Waals surface area (Å²) in [5.41, 5.74) is 0.153. The molecule has 3 nitrogen and oxygen atoms in total. The van der Waals surface area contributed by atoms with Crippen LogP contribution in [0, 0.1) is 12.7 Å². The normalized spacial score (nSPS) is 18.1. The van der Waals surface area contributed by atoms with Crippen molar-refractivity contribution in [3.8, 4) is 0 Å². The van der Waals surface area contributed by atoms with E-state index >= 15 is 0 Å². The Morgan fingerprint density at radius 2 is 2.05 bits per heavy atom. The van der Waals surface area contributed by atoms with E-state index in [1.807, 2.05) is 6.92 Å². The Morgan fingerprint density at radius 3 is 2.74 bits per heavy atom. The number of carbonyl (C=O) groups is 1. The minimum absolute atomic E-state index is 0.0420. The molecule has 0 atom stereocenters. The lowest BCUT2D eigenvalue weighted by Crippen LogP contribution is -2.36. The number of amides is 1. The van der Waals surface area contributed by atoms with Gasteiger partial charge in [-0.1, -0.05) is 25.3 Å². The summed E-state index contributed by atoms with van der Waals surface area (Å²) in [5.74, 6) is -0.775. The second-order valence-corrected chi connectivity index (χ2v) is 5.49. The molecule has 1 saturated carbocycles. The Bertz CT molecular complexity index is 467. The molecule has 1 aromatic carbocycles. The van der Waals surface area contributed by atoms with Crippen molar-refractivity contribution in [2.45, 2.75) is 51.0 Å². The summed E-state index contributed by atoms with van der Waals surface area (Å²) in [6, 6.07) is 4.58. The van der Waals surface area contributed by atoms with Crippen molar-refractivity contribution in [1.29, 1.82) is 0 Å². The molecule has 0 heterocycles. The van der Waals surface area contributed by atoms with Gasteiger partial charge in [0.2, 0.25) is 5.91 Å². The van der Waals surface area contributed by atoms with Gasteiger partial charge in [-0.3, -0.25) is 4.79 Å². The zero-order valence-corrected chi connectivity index (χ0v) is 11.2. The molecule has 1 fully saturated rings. The van der Waals surface area contributed by atoms with Crippen molar-refractivity contribution in [2.75, 3.05) is 5.32 Å². The van der Waals surface area contributed by atoms with Gasteiger partial charge in [0.1, 0.15) is 5.82 Å². The summed E-state index contributed by atoms with van der Waals surface area (Å²) < 4.78 is 13.5. The fourth-order valence-corrected chi connectivity index (χ4v) is 2.61. The van der Waals surface area contributed by atoms with Crippen LogP contribution in [0.1, 0.15) is 44.1 Å². The molecule has 2 rings (SSSR count). The average molecular weight is 265 g/mol. The fourth-order valence-electron chi connectivity index (χ4n) is 2.61. The van der Waals surface area contributed by atoms with Gasteiger partial charge in [0.25, 0.3) is 0 Å². The van der Waals surface area contributed by atoms with Crippen molar-refractivity contribution in [1.82, 2.24) is 0 Å². The summed E-state index contributed by atoms with van der Waals surface area (Å²) in [6.45, 7) is 1.84. The van der Waals surface area contributed by atoms with Crippen LogP contribution in [-0.2, 0) is 4.79 Å². The van der Waals surface area contributed by atoms with Crippen LogP contribution in [0.5, 0.6) is 0 Å². The Morgan fingerprint density at radius 1 is 1.37 bits per heavy atom. The lowest BCUT2D eigenvalue weighted by Gasteiger charge is -2.31. The van der Waals surface area contributed by atoms with Crippen LogP contribution >= 0.6 is 0 Å². The topological polar surface area (TPSA) is 49.3 Å². The highest BCUT2D eigenvalue weighted by molar-refractivity contribution is 5.91. The highest BCUT2D eigenvalue weighted by atomic mass is 19.1. The maximum atomic E-state index is 13.5. The Kier molecular flexibility index (Phi) is 4.20. The summed E-state index contributed by atoms with van der Waals surface area (Å²) in [5, 5.41) is 12.8. The van der Waals surface area contributed by atoms with Crippen molar-refractivity contribution in [3.05, 3.63) is 29.6 Å². The number of benzene rings is 1. The number of aryl methyl sites for hydroxylation is 1. The van der Waals surface area contributed by atoms with E-state index in [0.717, 1.165) is 24.8 Å². The lowest BCUT2D eigenvalue weighted by atomic mass is 9.82. The summed E-state index contributed by atoms with van der Waals surface area (Å²) in [6.07, 6.45) is 4.34. The van der Waals surface area contributed by atoms with Gasteiger partial charge in [-0.25, -0.2) is 4.39 Å². The highest BCUT2D eigenvalue weighted by Gasteiger charge is 2.31. The summed E-state index contributed by atoms with van der Waals surface area (Å²) >= 11 is 0. The first kappa shape index (κ1) is 14.0. The molecule has 1 aliphatic carbocycles. The number of hydrogen-bond donors (Lipinski definition) is 2. The van der Waals surface area contributed by atoms with E-state index in [0.29, 0.717) is 12.8 Å². The van der Waals surface area contributed by atoms with E-state index in [4.69, 9.17) is 0 Å². The third-order valence-electron chi connectivity index (χ3n) is 3.67. The molecule has 0 bridgehead atoms. The number of hydrogen-bond acceptors (Lipinski definition) is 2. The van der Waals surface area contributed by atoms with Gasteiger partial charge >= 0.3 is 0 Å². The van der Waals surface area contributed by atoms with Crippen LogP contribution in [0.15, 0.2) is 18.2 Å². The monoisotopic (exact) mass is 265 g/mol. The fraction of sp³-hybridized carbons (Fsp3) is 0.533. The number of rotatable bonds is 3. The molecule has 2 N–H and O–H groups in total. The highest BCUT2D eigenvalue weighted by Crippen LogP contribution is 2.31. The average Bonchev–Trinajstić information content (AvgIpc) is 2.34. The van der Waals surface area contributed by atoms with Gasteiger partial charge in [-0.2, -0.15) is 0 Å². The molecule has 1 aromatic rings. The van der Waals surface area contributed by atoms with Crippen molar-refractivity contribution < 1.29 is 14.3 Å². The molecule has 19 heavy (non-hydrogen) atoms. The van der Waals surface area contributed by atoms with Crippen LogP contribution in [0.4, 0.5) is 10.1 Å². The minimum atomic E-state index is -0.914. The van der Waals surface area contributed by atoms with E-state index in [-0.39, 0.29) is 18.0 Å². The molecule has 1 aliphatic rings. The summed E-state index contributed by atoms with van der Waals surface area (Å²) in [4.78, 5) is 11.9. The minimum Gasteiger partial charge on any atom is -0.389 e. The first-order chi connectivity index (χ1) is 8.98. The molecule has 4 heteroatoms. The molecule has 0 radical (unpaired) electrons. The van der Waals surface area contributed by atoms with Gasteiger partial charge in [-0.15, -0.1) is 0 Å². The second kappa shape index (κ2) is 5.70. The van der Waals surface area contributed by atoms with Crippen LogP contribution < -0.4 is 5.32 Å². The van der Waals surface area contributed by atoms with Gasteiger partial charge in [0.15, 0.2) is 0 Å². The van der Waals surface area contributed by atoms with Crippen LogP contribution in [0.2, 0.25) is 0 Å². The molecule has 104 valence electrons. The standard InChI is InChI=1S/C15H20FNO2/c1-11-5-6-12(16)13(9-11)17-14(18)10-15(19)7-3-2-4-8-15/h5-6,9,19H,2-4,7-8,10H2,1H3,(H,17,18). The van der Waals surface area contributed by atoms with Crippen LogP contribution in [-0.4, -0.2) is 16.6 Å². The van der Waals surface area contributed by atoms with Gasteiger partial charge in [0.05, 0.1) is 17.7 Å². The van der Waals surface area contributed by atoms with Crippen molar-refractivity contribution in [3.63, 3.8) is 0 Å². The van der Waals surface area contributed by atoms with E-state index in [1.54, 1.807) is 12.1 Å². The van der Waals surface area contributed by atoms with E-state index in [1.165, 1.54) is 6.07 Å². The maximum Gasteiger partial charge on any atom is 0.227 e. The molecule has 1 amide bonds. The molecule has 0 saturated heterocycles. The number of aliphatic hydroxyl groups is 1. The number of carbonyl (C=O) groups excluding carboxylic acids is 1. The predicted molar refractivity (Wildman–Crippen MR) is 72.4 cm³/mol. The van der Waals surface area contributed by atoms with Gasteiger partial charge < -0.3 is 10.4 Å². The molecule has 0 aromatic heterocycles. The summed E-state index contributed by atoms with van der Waals surface area (Å²) in [7, 11) is 0. The number of anilines is 1. The third kappa shape index (κ3) is 3.77. The Labute approximate surface area is 112 Å². The van der Waals surface area contributed by atoms with Crippen molar-refractivity contribution >= 4 is 11.6 Å². The van der Waals surface area contributed by atoms with Crippen molar-refractivity contribution in [2.24, 2.45) is 0 Å².